The lowest BCUT2D eigenvalue weighted by Crippen LogP contribution is -2.13. The van der Waals surface area contributed by atoms with Gasteiger partial charge in [0.2, 0.25) is 6.79 Å². The van der Waals surface area contributed by atoms with Crippen LogP contribution < -0.4 is 14.9 Å². The van der Waals surface area contributed by atoms with Crippen LogP contribution >= 0.6 is 0 Å². The van der Waals surface area contributed by atoms with Crippen molar-refractivity contribution >= 4 is 28.0 Å². The third-order valence-corrected chi connectivity index (χ3v) is 4.50. The van der Waals surface area contributed by atoms with Crippen molar-refractivity contribution in [3.05, 3.63) is 58.5 Å². The van der Waals surface area contributed by atoms with Gasteiger partial charge in [0, 0.05) is 17.0 Å². The molecule has 0 amide bonds. The monoisotopic (exact) mass is 319 g/mol. The zero-order valence-electron chi connectivity index (χ0n) is 12.7. The van der Waals surface area contributed by atoms with Crippen LogP contribution in [0.5, 0.6) is 11.5 Å². The van der Waals surface area contributed by atoms with Crippen LogP contribution in [0, 0.1) is 0 Å². The number of nitrogens with zero attached hydrogens (tertiary/aromatic N) is 1. The molecule has 0 saturated heterocycles. The molecule has 5 heteroatoms. The molecule has 0 spiro atoms. The summed E-state index contributed by atoms with van der Waals surface area (Å²) in [5.74, 6) is 1.38. The van der Waals surface area contributed by atoms with E-state index in [1.54, 1.807) is 12.3 Å². The summed E-state index contributed by atoms with van der Waals surface area (Å²) >= 11 is 0. The van der Waals surface area contributed by atoms with Crippen molar-refractivity contribution in [2.45, 2.75) is 12.5 Å². The Balaban J connectivity index is 1.83. The van der Waals surface area contributed by atoms with Crippen molar-refractivity contribution in [3.8, 4) is 11.5 Å². The maximum absolute atomic E-state index is 13.1. The Bertz CT molecular complexity index is 1090. The molecule has 5 nitrogen and oxygen atoms in total. The fourth-order valence-electron chi connectivity index (χ4n) is 3.33. The second kappa shape index (κ2) is 4.96. The number of benzene rings is 2. The molecule has 1 aromatic heterocycles. The number of ether oxygens (including phenoxy) is 2. The maximum Gasteiger partial charge on any atom is 0.231 e. The van der Waals surface area contributed by atoms with Crippen LogP contribution in [-0.2, 0) is 0 Å². The lowest BCUT2D eigenvalue weighted by molar-refractivity contribution is 0.175. The highest BCUT2D eigenvalue weighted by Crippen LogP contribution is 2.41. The highest BCUT2D eigenvalue weighted by molar-refractivity contribution is 6.08. The molecule has 3 heterocycles. The van der Waals surface area contributed by atoms with E-state index >= 15 is 0 Å². The molecule has 0 fully saturated rings. The van der Waals surface area contributed by atoms with Crippen LogP contribution in [0.1, 0.15) is 18.0 Å². The van der Waals surface area contributed by atoms with Gasteiger partial charge in [0.05, 0.1) is 17.0 Å². The third kappa shape index (κ3) is 1.81. The predicted octanol–water partition coefficient (Wildman–Crippen LogP) is 3.75. The van der Waals surface area contributed by atoms with E-state index < -0.39 is 0 Å². The van der Waals surface area contributed by atoms with E-state index in [1.165, 1.54) is 6.26 Å². The molecule has 118 valence electrons. The SMILES string of the molecule is O=c1c(C2CC=CC=N2)coc2ccc3c4c(ccc3c12)OCO4. The van der Waals surface area contributed by atoms with Gasteiger partial charge >= 0.3 is 0 Å². The lowest BCUT2D eigenvalue weighted by Gasteiger charge is -2.13. The zero-order chi connectivity index (χ0) is 16.1. The number of hydrogen-bond acceptors (Lipinski definition) is 5. The molecule has 0 saturated carbocycles. The topological polar surface area (TPSA) is 61.0 Å². The summed E-state index contributed by atoms with van der Waals surface area (Å²) < 4.78 is 16.7. The van der Waals surface area contributed by atoms with E-state index in [2.05, 4.69) is 4.99 Å². The number of dihydropyridines is 1. The summed E-state index contributed by atoms with van der Waals surface area (Å²) in [6, 6.07) is 7.22. The van der Waals surface area contributed by atoms with Crippen molar-refractivity contribution in [1.82, 2.24) is 0 Å². The summed E-state index contributed by atoms with van der Waals surface area (Å²) in [4.78, 5) is 17.5. The van der Waals surface area contributed by atoms with Crippen molar-refractivity contribution in [2.75, 3.05) is 6.79 Å². The van der Waals surface area contributed by atoms with Crippen molar-refractivity contribution in [1.29, 1.82) is 0 Å². The van der Waals surface area contributed by atoms with Gasteiger partial charge in [0.25, 0.3) is 0 Å². The average Bonchev–Trinajstić information content (AvgIpc) is 3.11. The fraction of sp³-hybridized carbons (Fsp3) is 0.158. The lowest BCUT2D eigenvalue weighted by atomic mass is 9.99. The number of allylic oxidation sites excluding steroid dienone is 1. The van der Waals surface area contributed by atoms with Gasteiger partial charge in [-0.05, 0) is 36.8 Å². The van der Waals surface area contributed by atoms with Crippen molar-refractivity contribution in [3.63, 3.8) is 0 Å². The molecule has 5 rings (SSSR count). The van der Waals surface area contributed by atoms with Gasteiger partial charge in [0.15, 0.2) is 16.9 Å². The molecule has 2 aliphatic heterocycles. The minimum atomic E-state index is -0.195. The van der Waals surface area contributed by atoms with E-state index in [9.17, 15) is 4.79 Å². The van der Waals surface area contributed by atoms with Gasteiger partial charge in [-0.1, -0.05) is 6.08 Å². The molecule has 0 N–H and O–H groups in total. The Morgan fingerprint density at radius 1 is 1.08 bits per heavy atom. The molecule has 0 radical (unpaired) electrons. The number of fused-ring (bicyclic) bond motifs is 5. The molecule has 2 aliphatic rings. The summed E-state index contributed by atoms with van der Waals surface area (Å²) in [6.45, 7) is 0.199. The Morgan fingerprint density at radius 2 is 2.00 bits per heavy atom. The van der Waals surface area contributed by atoms with Gasteiger partial charge in [0.1, 0.15) is 11.8 Å². The second-order valence-electron chi connectivity index (χ2n) is 5.83. The van der Waals surface area contributed by atoms with Crippen molar-refractivity contribution in [2.24, 2.45) is 4.99 Å². The zero-order valence-corrected chi connectivity index (χ0v) is 12.7. The first-order valence-corrected chi connectivity index (χ1v) is 7.78. The molecule has 0 aliphatic carbocycles. The van der Waals surface area contributed by atoms with E-state index in [-0.39, 0.29) is 18.3 Å². The fourth-order valence-corrected chi connectivity index (χ4v) is 3.33. The van der Waals surface area contributed by atoms with Crippen LogP contribution in [0.3, 0.4) is 0 Å². The van der Waals surface area contributed by atoms with Crippen LogP contribution in [0.25, 0.3) is 21.7 Å². The molecule has 0 bridgehead atoms. The smallest absolute Gasteiger partial charge is 0.231 e. The summed E-state index contributed by atoms with van der Waals surface area (Å²) in [6.07, 6.45) is 7.84. The number of hydrogen-bond donors (Lipinski definition) is 0. The highest BCUT2D eigenvalue weighted by Gasteiger charge is 2.21. The normalized spacial score (nSPS) is 18.6. The molecule has 3 aromatic rings. The first-order chi connectivity index (χ1) is 11.8. The first-order valence-electron chi connectivity index (χ1n) is 7.78. The summed E-state index contributed by atoms with van der Waals surface area (Å²) in [5.41, 5.74) is 1.09. The van der Waals surface area contributed by atoms with Gasteiger partial charge < -0.3 is 13.9 Å². The van der Waals surface area contributed by atoms with Gasteiger partial charge in [-0.25, -0.2) is 0 Å². The minimum absolute atomic E-state index is 0.0434. The maximum atomic E-state index is 13.1. The van der Waals surface area contributed by atoms with Crippen LogP contribution in [0.15, 0.2) is 56.9 Å². The number of aliphatic imine (C=N–C) groups is 1. The molecular formula is C19H13NO4. The Labute approximate surface area is 136 Å². The van der Waals surface area contributed by atoms with E-state index in [0.29, 0.717) is 34.5 Å². The standard InChI is InChI=1S/C19H13NO4/c21-18-13(14-3-1-2-8-20-14)9-22-15-6-5-12-11(17(15)18)4-7-16-19(12)24-10-23-16/h1-2,4-9,14H,3,10H2. The largest absolute Gasteiger partial charge is 0.464 e. The number of rotatable bonds is 1. The molecule has 1 unspecified atom stereocenters. The summed E-state index contributed by atoms with van der Waals surface area (Å²) in [5, 5.41) is 2.23. The first kappa shape index (κ1) is 13.4. The Kier molecular flexibility index (Phi) is 2.76. The third-order valence-electron chi connectivity index (χ3n) is 4.50. The van der Waals surface area contributed by atoms with Gasteiger partial charge in [-0.15, -0.1) is 0 Å². The Hall–Kier alpha value is -3.08. The summed E-state index contributed by atoms with van der Waals surface area (Å²) in [7, 11) is 0. The van der Waals surface area contributed by atoms with Crippen LogP contribution in [-0.4, -0.2) is 13.0 Å². The van der Waals surface area contributed by atoms with Crippen molar-refractivity contribution < 1.29 is 13.9 Å². The highest BCUT2D eigenvalue weighted by atomic mass is 16.7. The average molecular weight is 319 g/mol. The quantitative estimate of drug-likeness (QED) is 0.641. The van der Waals surface area contributed by atoms with E-state index in [0.717, 1.165) is 10.8 Å². The molecular weight excluding hydrogens is 306 g/mol. The second-order valence-corrected chi connectivity index (χ2v) is 5.83. The van der Waals surface area contributed by atoms with Crippen LogP contribution in [0.4, 0.5) is 0 Å². The van der Waals surface area contributed by atoms with E-state index in [4.69, 9.17) is 13.9 Å². The molecule has 24 heavy (non-hydrogen) atoms. The van der Waals surface area contributed by atoms with Gasteiger partial charge in [-0.3, -0.25) is 9.79 Å². The minimum Gasteiger partial charge on any atom is -0.464 e. The predicted molar refractivity (Wildman–Crippen MR) is 91.1 cm³/mol. The van der Waals surface area contributed by atoms with Gasteiger partial charge in [-0.2, -0.15) is 0 Å². The van der Waals surface area contributed by atoms with E-state index in [1.807, 2.05) is 30.4 Å². The molecule has 2 aromatic carbocycles. The Morgan fingerprint density at radius 3 is 2.88 bits per heavy atom. The molecule has 1 atom stereocenters. The van der Waals surface area contributed by atoms with Crippen LogP contribution in [0.2, 0.25) is 0 Å².